The lowest BCUT2D eigenvalue weighted by atomic mass is 10.0. The summed E-state index contributed by atoms with van der Waals surface area (Å²) in [4.78, 5) is 11.3. The van der Waals surface area contributed by atoms with Crippen molar-refractivity contribution in [2.75, 3.05) is 12.8 Å². The molecule has 0 amide bonds. The van der Waals surface area contributed by atoms with Gasteiger partial charge in [-0.2, -0.15) is 0 Å². The minimum absolute atomic E-state index is 0.0180. The van der Waals surface area contributed by atoms with Gasteiger partial charge in [-0.05, 0) is 36.6 Å². The molecule has 0 unspecified atom stereocenters. The predicted molar refractivity (Wildman–Crippen MR) is 64.9 cm³/mol. The number of carbonyl (C=O) groups excluding carboxylic acids is 1. The molecule has 0 aliphatic heterocycles. The number of nitrogens with two attached hydrogens (primary N) is 1. The first kappa shape index (κ1) is 10.5. The van der Waals surface area contributed by atoms with Crippen molar-refractivity contribution in [3.05, 3.63) is 35.9 Å². The lowest BCUT2D eigenvalue weighted by molar-refractivity contribution is 0.101. The van der Waals surface area contributed by atoms with Crippen LogP contribution in [0.15, 0.2) is 30.3 Å². The largest absolute Gasteiger partial charge is 0.497 e. The van der Waals surface area contributed by atoms with Crippen molar-refractivity contribution in [1.29, 1.82) is 0 Å². The molecule has 0 radical (unpaired) electrons. The summed E-state index contributed by atoms with van der Waals surface area (Å²) in [6.45, 7) is 1.53. The lowest BCUT2D eigenvalue weighted by Gasteiger charge is -2.07. The van der Waals surface area contributed by atoms with Crippen LogP contribution in [-0.4, -0.2) is 12.9 Å². The number of methoxy groups -OCH3 is 1. The van der Waals surface area contributed by atoms with Crippen molar-refractivity contribution in [2.45, 2.75) is 6.92 Å². The van der Waals surface area contributed by atoms with Crippen LogP contribution in [0, 0.1) is 0 Å². The van der Waals surface area contributed by atoms with Crippen LogP contribution < -0.4 is 10.5 Å². The van der Waals surface area contributed by atoms with E-state index in [1.165, 1.54) is 6.92 Å². The van der Waals surface area contributed by atoms with Crippen molar-refractivity contribution in [1.82, 2.24) is 0 Å². The minimum atomic E-state index is 0.0180. The van der Waals surface area contributed by atoms with E-state index < -0.39 is 0 Å². The third-order valence-corrected chi connectivity index (χ3v) is 2.60. The zero-order valence-electron chi connectivity index (χ0n) is 9.28. The fourth-order valence-corrected chi connectivity index (χ4v) is 1.70. The number of benzene rings is 2. The molecule has 3 heteroatoms. The Labute approximate surface area is 93.8 Å². The van der Waals surface area contributed by atoms with E-state index >= 15 is 0 Å². The first-order valence-corrected chi connectivity index (χ1v) is 5.00. The van der Waals surface area contributed by atoms with Crippen molar-refractivity contribution >= 4 is 22.2 Å². The quantitative estimate of drug-likeness (QED) is 0.619. The molecule has 0 aliphatic carbocycles. The van der Waals surface area contributed by atoms with Crippen LogP contribution in [0.3, 0.4) is 0 Å². The highest BCUT2D eigenvalue weighted by atomic mass is 16.5. The van der Waals surface area contributed by atoms with Gasteiger partial charge in [0.25, 0.3) is 0 Å². The van der Waals surface area contributed by atoms with E-state index in [-0.39, 0.29) is 5.78 Å². The summed E-state index contributed by atoms with van der Waals surface area (Å²) in [6.07, 6.45) is 0. The van der Waals surface area contributed by atoms with Crippen LogP contribution in [0.2, 0.25) is 0 Å². The van der Waals surface area contributed by atoms with Crippen molar-refractivity contribution < 1.29 is 9.53 Å². The molecule has 0 bridgehead atoms. The molecule has 0 spiro atoms. The molecule has 3 nitrogen and oxygen atoms in total. The standard InChI is InChI=1S/C13H13NO2/c1-8(15)10-5-9-3-4-11(16-2)7-12(9)13(14)6-10/h3-7H,14H2,1-2H3. The van der Waals surface area contributed by atoms with Crippen LogP contribution in [-0.2, 0) is 0 Å². The fourth-order valence-electron chi connectivity index (χ4n) is 1.70. The molecule has 82 valence electrons. The topological polar surface area (TPSA) is 52.3 Å². The summed E-state index contributed by atoms with van der Waals surface area (Å²) in [5, 5.41) is 1.86. The lowest BCUT2D eigenvalue weighted by Crippen LogP contribution is -1.96. The van der Waals surface area contributed by atoms with E-state index in [4.69, 9.17) is 10.5 Å². The Kier molecular flexibility index (Phi) is 2.52. The first-order chi connectivity index (χ1) is 7.61. The second-order valence-electron chi connectivity index (χ2n) is 3.71. The molecule has 0 aromatic heterocycles. The molecule has 16 heavy (non-hydrogen) atoms. The number of hydrogen-bond donors (Lipinski definition) is 1. The number of anilines is 1. The van der Waals surface area contributed by atoms with E-state index in [0.717, 1.165) is 16.5 Å². The molecule has 0 saturated heterocycles. The van der Waals surface area contributed by atoms with Gasteiger partial charge >= 0.3 is 0 Å². The van der Waals surface area contributed by atoms with Gasteiger partial charge in [0.2, 0.25) is 0 Å². The molecule has 2 N–H and O–H groups in total. The first-order valence-electron chi connectivity index (χ1n) is 5.00. The Hall–Kier alpha value is -2.03. The predicted octanol–water partition coefficient (Wildman–Crippen LogP) is 2.63. The van der Waals surface area contributed by atoms with E-state index in [2.05, 4.69) is 0 Å². The van der Waals surface area contributed by atoms with Gasteiger partial charge in [0.05, 0.1) is 7.11 Å². The van der Waals surface area contributed by atoms with Gasteiger partial charge in [-0.25, -0.2) is 0 Å². The third kappa shape index (κ3) is 1.72. The number of nitrogen functional groups attached to an aromatic ring is 1. The molecule has 2 aromatic carbocycles. The summed E-state index contributed by atoms with van der Waals surface area (Å²) in [5.41, 5.74) is 7.14. The van der Waals surface area contributed by atoms with Gasteiger partial charge in [0.1, 0.15) is 5.75 Å². The summed E-state index contributed by atoms with van der Waals surface area (Å²) in [5.74, 6) is 0.777. The van der Waals surface area contributed by atoms with E-state index in [0.29, 0.717) is 11.3 Å². The molecule has 0 saturated carbocycles. The van der Waals surface area contributed by atoms with Gasteiger partial charge in [-0.3, -0.25) is 4.79 Å². The molecule has 0 aliphatic rings. The summed E-state index contributed by atoms with van der Waals surface area (Å²) in [6, 6.07) is 9.16. The Bertz CT molecular complexity index is 561. The van der Waals surface area contributed by atoms with Crippen molar-refractivity contribution in [3.63, 3.8) is 0 Å². The van der Waals surface area contributed by atoms with Gasteiger partial charge in [0.15, 0.2) is 5.78 Å². The van der Waals surface area contributed by atoms with Crippen LogP contribution in [0.5, 0.6) is 5.75 Å². The number of ketones is 1. The van der Waals surface area contributed by atoms with Crippen molar-refractivity contribution in [2.24, 2.45) is 0 Å². The van der Waals surface area contributed by atoms with E-state index in [9.17, 15) is 4.79 Å². The number of ether oxygens (including phenoxy) is 1. The number of fused-ring (bicyclic) bond motifs is 1. The number of rotatable bonds is 2. The van der Waals surface area contributed by atoms with E-state index in [1.807, 2.05) is 24.3 Å². The molecular weight excluding hydrogens is 202 g/mol. The highest BCUT2D eigenvalue weighted by Gasteiger charge is 2.05. The Morgan fingerprint density at radius 3 is 2.62 bits per heavy atom. The Balaban J connectivity index is 2.71. The highest BCUT2D eigenvalue weighted by Crippen LogP contribution is 2.27. The maximum Gasteiger partial charge on any atom is 0.159 e. The van der Waals surface area contributed by atoms with Crippen LogP contribution >= 0.6 is 0 Å². The molecule has 0 atom stereocenters. The smallest absolute Gasteiger partial charge is 0.159 e. The number of carbonyl (C=O) groups is 1. The number of Topliss-reactive ketones (excluding diaryl/α,β-unsaturated/α-hetero) is 1. The summed E-state index contributed by atoms with van der Waals surface area (Å²) in [7, 11) is 1.61. The maximum absolute atomic E-state index is 11.3. The second-order valence-corrected chi connectivity index (χ2v) is 3.71. The average molecular weight is 215 g/mol. The zero-order valence-corrected chi connectivity index (χ0v) is 9.28. The maximum atomic E-state index is 11.3. The van der Waals surface area contributed by atoms with E-state index in [1.54, 1.807) is 13.2 Å². The SMILES string of the molecule is COc1ccc2cc(C(C)=O)cc(N)c2c1. The average Bonchev–Trinajstić information content (AvgIpc) is 2.28. The minimum Gasteiger partial charge on any atom is -0.497 e. The van der Waals surface area contributed by atoms with Gasteiger partial charge in [-0.15, -0.1) is 0 Å². The van der Waals surface area contributed by atoms with Gasteiger partial charge in [-0.1, -0.05) is 6.07 Å². The monoisotopic (exact) mass is 215 g/mol. The van der Waals surface area contributed by atoms with Crippen molar-refractivity contribution in [3.8, 4) is 5.75 Å². The van der Waals surface area contributed by atoms with Gasteiger partial charge < -0.3 is 10.5 Å². The molecule has 2 rings (SSSR count). The zero-order chi connectivity index (χ0) is 11.7. The second kappa shape index (κ2) is 3.85. The van der Waals surface area contributed by atoms with Crippen LogP contribution in [0.25, 0.3) is 10.8 Å². The fraction of sp³-hybridized carbons (Fsp3) is 0.154. The number of hydrogen-bond acceptors (Lipinski definition) is 3. The summed E-state index contributed by atoms with van der Waals surface area (Å²) < 4.78 is 5.13. The normalized spacial score (nSPS) is 10.4. The van der Waals surface area contributed by atoms with Crippen LogP contribution in [0.1, 0.15) is 17.3 Å². The summed E-state index contributed by atoms with van der Waals surface area (Å²) >= 11 is 0. The third-order valence-electron chi connectivity index (χ3n) is 2.60. The van der Waals surface area contributed by atoms with Gasteiger partial charge in [0, 0.05) is 16.6 Å². The van der Waals surface area contributed by atoms with Crippen LogP contribution in [0.4, 0.5) is 5.69 Å². The Morgan fingerprint density at radius 2 is 2.00 bits per heavy atom. The molecule has 0 heterocycles. The highest BCUT2D eigenvalue weighted by molar-refractivity contribution is 6.03. The molecular formula is C13H13NO2. The molecule has 0 fully saturated rings. The molecule has 2 aromatic rings. The Morgan fingerprint density at radius 1 is 1.25 bits per heavy atom.